The average Bonchev–Trinajstić information content (AvgIpc) is 3.03. The van der Waals surface area contributed by atoms with Crippen molar-refractivity contribution >= 4 is 33.1 Å². The zero-order valence-electron chi connectivity index (χ0n) is 15.7. The van der Waals surface area contributed by atoms with Gasteiger partial charge in [-0.2, -0.15) is 4.68 Å². The van der Waals surface area contributed by atoms with Gasteiger partial charge in [-0.05, 0) is 63.6 Å². The summed E-state index contributed by atoms with van der Waals surface area (Å²) >= 11 is 1.56. The first-order chi connectivity index (χ1) is 13.0. The summed E-state index contributed by atoms with van der Waals surface area (Å²) < 4.78 is 1.21. The van der Waals surface area contributed by atoms with E-state index in [1.165, 1.54) is 9.56 Å². The van der Waals surface area contributed by atoms with Gasteiger partial charge in [0.05, 0.1) is 5.39 Å². The minimum atomic E-state index is -0.741. The van der Waals surface area contributed by atoms with Crippen molar-refractivity contribution in [2.45, 2.75) is 52.5 Å². The van der Waals surface area contributed by atoms with Gasteiger partial charge in [0, 0.05) is 10.6 Å². The standard InChI is InChI=1S/C20H22N4O2S/c1-11-8-9-15(12(2)10-11)21-18(25)13(3)24-20(26)17-14-6-4-5-7-16(14)27-19(17)22-23-24/h8-10,13H,4-7H2,1-3H3,(H,21,25)/t13-/m1/s1. The second-order valence-electron chi connectivity index (χ2n) is 7.21. The van der Waals surface area contributed by atoms with Crippen molar-refractivity contribution < 1.29 is 4.79 Å². The number of benzene rings is 1. The molecule has 0 spiro atoms. The number of thiophene rings is 1. The first-order valence-corrected chi connectivity index (χ1v) is 10.0. The highest BCUT2D eigenvalue weighted by molar-refractivity contribution is 7.18. The third kappa shape index (κ3) is 3.16. The predicted octanol–water partition coefficient (Wildman–Crippen LogP) is 3.55. The van der Waals surface area contributed by atoms with Crippen LogP contribution < -0.4 is 10.9 Å². The number of hydrogen-bond donors (Lipinski definition) is 1. The van der Waals surface area contributed by atoms with E-state index in [1.54, 1.807) is 18.3 Å². The molecule has 1 aliphatic carbocycles. The van der Waals surface area contributed by atoms with Gasteiger partial charge in [-0.1, -0.05) is 22.9 Å². The van der Waals surface area contributed by atoms with Crippen molar-refractivity contribution in [1.82, 2.24) is 15.0 Å². The number of aryl methyl sites for hydroxylation is 4. The lowest BCUT2D eigenvalue weighted by molar-refractivity contribution is -0.119. The molecule has 7 heteroatoms. The van der Waals surface area contributed by atoms with E-state index in [9.17, 15) is 9.59 Å². The fourth-order valence-corrected chi connectivity index (χ4v) is 4.84. The second-order valence-corrected chi connectivity index (χ2v) is 8.30. The minimum Gasteiger partial charge on any atom is -0.324 e. The van der Waals surface area contributed by atoms with E-state index in [-0.39, 0.29) is 11.5 Å². The molecule has 3 aromatic rings. The number of fused-ring (bicyclic) bond motifs is 3. The summed E-state index contributed by atoms with van der Waals surface area (Å²) in [6, 6.07) is 5.09. The first kappa shape index (κ1) is 17.9. The maximum absolute atomic E-state index is 13.1. The summed E-state index contributed by atoms with van der Waals surface area (Å²) in [6.07, 6.45) is 4.14. The Balaban J connectivity index is 1.68. The fraction of sp³-hybridized carbons (Fsp3) is 0.400. The second kappa shape index (κ2) is 6.88. The molecule has 1 aromatic carbocycles. The van der Waals surface area contributed by atoms with Gasteiger partial charge in [-0.15, -0.1) is 16.4 Å². The van der Waals surface area contributed by atoms with Crippen LogP contribution in [0.2, 0.25) is 0 Å². The Morgan fingerprint density at radius 2 is 2.04 bits per heavy atom. The number of aromatic nitrogens is 3. The normalized spacial score (nSPS) is 14.8. The Morgan fingerprint density at radius 1 is 1.26 bits per heavy atom. The molecule has 1 N–H and O–H groups in total. The molecule has 0 saturated carbocycles. The van der Waals surface area contributed by atoms with Crippen LogP contribution in [0.3, 0.4) is 0 Å². The number of amides is 1. The van der Waals surface area contributed by atoms with Crippen molar-refractivity contribution in [1.29, 1.82) is 0 Å². The molecular formula is C20H22N4O2S. The van der Waals surface area contributed by atoms with Crippen molar-refractivity contribution in [2.24, 2.45) is 0 Å². The Hall–Kier alpha value is -2.54. The summed E-state index contributed by atoms with van der Waals surface area (Å²) in [5, 5.41) is 11.8. The number of nitrogens with zero attached hydrogens (tertiary/aromatic N) is 3. The highest BCUT2D eigenvalue weighted by atomic mass is 32.1. The van der Waals surface area contributed by atoms with Crippen LogP contribution in [-0.4, -0.2) is 20.9 Å². The molecule has 140 valence electrons. The van der Waals surface area contributed by atoms with Crippen LogP contribution in [0.1, 0.15) is 47.4 Å². The molecule has 0 aliphatic heterocycles. The largest absolute Gasteiger partial charge is 0.324 e. The third-order valence-corrected chi connectivity index (χ3v) is 6.37. The monoisotopic (exact) mass is 382 g/mol. The predicted molar refractivity (Wildman–Crippen MR) is 108 cm³/mol. The van der Waals surface area contributed by atoms with Crippen LogP contribution in [0, 0.1) is 13.8 Å². The molecular weight excluding hydrogens is 360 g/mol. The molecule has 2 heterocycles. The van der Waals surface area contributed by atoms with Gasteiger partial charge in [-0.3, -0.25) is 9.59 Å². The van der Waals surface area contributed by atoms with Gasteiger partial charge >= 0.3 is 0 Å². The van der Waals surface area contributed by atoms with E-state index >= 15 is 0 Å². The number of hydrogen-bond acceptors (Lipinski definition) is 5. The number of nitrogens with one attached hydrogen (secondary N) is 1. The maximum atomic E-state index is 13.1. The summed E-state index contributed by atoms with van der Waals surface area (Å²) in [5.41, 5.74) is 3.75. The fourth-order valence-electron chi connectivity index (χ4n) is 3.64. The Morgan fingerprint density at radius 3 is 2.81 bits per heavy atom. The zero-order valence-corrected chi connectivity index (χ0v) is 16.5. The van der Waals surface area contributed by atoms with Gasteiger partial charge < -0.3 is 5.32 Å². The van der Waals surface area contributed by atoms with E-state index < -0.39 is 6.04 Å². The quantitative estimate of drug-likeness (QED) is 0.751. The van der Waals surface area contributed by atoms with Crippen molar-refractivity contribution in [3.63, 3.8) is 0 Å². The zero-order chi connectivity index (χ0) is 19.1. The molecule has 1 atom stereocenters. The molecule has 0 saturated heterocycles. The van der Waals surface area contributed by atoms with Gasteiger partial charge in [0.15, 0.2) is 4.83 Å². The Bertz CT molecular complexity index is 1100. The van der Waals surface area contributed by atoms with E-state index in [0.717, 1.165) is 48.1 Å². The lowest BCUT2D eigenvalue weighted by atomic mass is 9.97. The van der Waals surface area contributed by atoms with Gasteiger partial charge in [-0.25, -0.2) is 0 Å². The molecule has 27 heavy (non-hydrogen) atoms. The van der Waals surface area contributed by atoms with Crippen LogP contribution >= 0.6 is 11.3 Å². The minimum absolute atomic E-state index is 0.220. The van der Waals surface area contributed by atoms with Crippen LogP contribution in [-0.2, 0) is 17.6 Å². The van der Waals surface area contributed by atoms with Gasteiger partial charge in [0.2, 0.25) is 5.91 Å². The SMILES string of the molecule is Cc1ccc(NC(=O)[C@@H](C)n2nnc3sc4c(c3c2=O)CCCC4)c(C)c1. The molecule has 2 aromatic heterocycles. The molecule has 1 amide bonds. The number of carbonyl (C=O) groups excluding carboxylic acids is 1. The molecule has 4 rings (SSSR count). The lowest BCUT2D eigenvalue weighted by Gasteiger charge is -2.15. The smallest absolute Gasteiger partial charge is 0.279 e. The average molecular weight is 382 g/mol. The highest BCUT2D eigenvalue weighted by Crippen LogP contribution is 2.33. The highest BCUT2D eigenvalue weighted by Gasteiger charge is 2.24. The molecule has 0 bridgehead atoms. The molecule has 0 fully saturated rings. The Kier molecular flexibility index (Phi) is 4.55. The number of rotatable bonds is 3. The molecule has 0 unspecified atom stereocenters. The third-order valence-electron chi connectivity index (χ3n) is 5.19. The van der Waals surface area contributed by atoms with Crippen molar-refractivity contribution in [2.75, 3.05) is 5.32 Å². The lowest BCUT2D eigenvalue weighted by Crippen LogP contribution is -2.34. The van der Waals surface area contributed by atoms with Crippen LogP contribution in [0.25, 0.3) is 10.2 Å². The van der Waals surface area contributed by atoms with Crippen LogP contribution in [0.5, 0.6) is 0 Å². The van der Waals surface area contributed by atoms with Gasteiger partial charge in [0.1, 0.15) is 6.04 Å². The van der Waals surface area contributed by atoms with Crippen LogP contribution in [0.4, 0.5) is 5.69 Å². The first-order valence-electron chi connectivity index (χ1n) is 9.23. The number of carbonyl (C=O) groups is 1. The summed E-state index contributed by atoms with van der Waals surface area (Å²) in [6.45, 7) is 5.63. The van der Waals surface area contributed by atoms with E-state index in [0.29, 0.717) is 10.2 Å². The molecule has 0 radical (unpaired) electrons. The topological polar surface area (TPSA) is 76.9 Å². The summed E-state index contributed by atoms with van der Waals surface area (Å²) in [4.78, 5) is 27.7. The molecule has 1 aliphatic rings. The summed E-state index contributed by atoms with van der Waals surface area (Å²) in [5.74, 6) is -0.276. The molecule has 6 nitrogen and oxygen atoms in total. The van der Waals surface area contributed by atoms with Crippen molar-refractivity contribution in [3.05, 3.63) is 50.1 Å². The number of anilines is 1. The van der Waals surface area contributed by atoms with Crippen molar-refractivity contribution in [3.8, 4) is 0 Å². The van der Waals surface area contributed by atoms with E-state index in [2.05, 4.69) is 15.6 Å². The van der Waals surface area contributed by atoms with E-state index in [4.69, 9.17) is 0 Å². The van der Waals surface area contributed by atoms with Crippen LogP contribution in [0.15, 0.2) is 23.0 Å². The maximum Gasteiger partial charge on any atom is 0.279 e. The van der Waals surface area contributed by atoms with Gasteiger partial charge in [0.25, 0.3) is 5.56 Å². The summed E-state index contributed by atoms with van der Waals surface area (Å²) in [7, 11) is 0. The Labute approximate surface area is 161 Å². The van der Waals surface area contributed by atoms with E-state index in [1.807, 2.05) is 32.0 Å².